The van der Waals surface area contributed by atoms with Crippen molar-refractivity contribution in [3.05, 3.63) is 88.6 Å². The number of halogens is 1. The Balaban J connectivity index is 1.57. The molecule has 0 aliphatic heterocycles. The van der Waals surface area contributed by atoms with Gasteiger partial charge in [-0.15, -0.1) is 0 Å². The molecule has 13 nitrogen and oxygen atoms in total. The van der Waals surface area contributed by atoms with E-state index in [0.717, 1.165) is 16.8 Å². The van der Waals surface area contributed by atoms with E-state index in [0.29, 0.717) is 39.9 Å². The van der Waals surface area contributed by atoms with Gasteiger partial charge in [-0.05, 0) is 48.9 Å². The molecule has 2 aromatic heterocycles. The zero-order valence-electron chi connectivity index (χ0n) is 22.3. The van der Waals surface area contributed by atoms with Gasteiger partial charge in [0.05, 0.1) is 30.7 Å². The molecule has 0 fully saturated rings. The second-order valence-electron chi connectivity index (χ2n) is 8.87. The highest BCUT2D eigenvalue weighted by Gasteiger charge is 2.21. The van der Waals surface area contributed by atoms with Crippen LogP contribution in [0.2, 0.25) is 5.02 Å². The molecular weight excluding hydrogens is 548 g/mol. The molecule has 14 heteroatoms. The Morgan fingerprint density at radius 2 is 2.02 bits per heavy atom. The van der Waals surface area contributed by atoms with E-state index >= 15 is 0 Å². The highest BCUT2D eigenvalue weighted by Crippen LogP contribution is 2.27. The van der Waals surface area contributed by atoms with Gasteiger partial charge >= 0.3 is 6.09 Å². The van der Waals surface area contributed by atoms with Crippen molar-refractivity contribution in [2.45, 2.75) is 19.4 Å². The lowest BCUT2D eigenvalue weighted by Gasteiger charge is -2.16. The first kappa shape index (κ1) is 28.9. The van der Waals surface area contributed by atoms with E-state index in [1.165, 1.54) is 24.5 Å². The molecule has 0 radical (unpaired) electrons. The van der Waals surface area contributed by atoms with E-state index < -0.39 is 12.1 Å². The maximum Gasteiger partial charge on any atom is 0.411 e. The van der Waals surface area contributed by atoms with Crippen LogP contribution in [0.1, 0.15) is 28.7 Å². The predicted molar refractivity (Wildman–Crippen MR) is 158 cm³/mol. The molecule has 2 heterocycles. The zero-order valence-corrected chi connectivity index (χ0v) is 23.0. The molecule has 2 amide bonds. The van der Waals surface area contributed by atoms with E-state index in [9.17, 15) is 9.59 Å². The fourth-order valence-corrected chi connectivity index (χ4v) is 4.24. The van der Waals surface area contributed by atoms with Gasteiger partial charge in [0.1, 0.15) is 12.2 Å². The highest BCUT2D eigenvalue weighted by atomic mass is 35.5. The van der Waals surface area contributed by atoms with E-state index in [2.05, 4.69) is 35.7 Å². The number of nitrogens with zero attached hydrogens (tertiary/aromatic N) is 4. The minimum Gasteiger partial charge on any atom is -0.453 e. The molecule has 4 rings (SSSR count). The van der Waals surface area contributed by atoms with Gasteiger partial charge in [0.25, 0.3) is 0 Å². The number of nitrogens with one attached hydrogen (secondary N) is 4. The van der Waals surface area contributed by atoms with Crippen LogP contribution in [0.15, 0.2) is 66.0 Å². The second kappa shape index (κ2) is 13.3. The Morgan fingerprint density at radius 3 is 2.71 bits per heavy atom. The number of benzene rings is 2. The normalized spacial score (nSPS) is 12.0. The summed E-state index contributed by atoms with van der Waals surface area (Å²) in [6, 6.07) is 11.7. The number of hydrogen-bond acceptors (Lipinski definition) is 8. The molecule has 0 bridgehead atoms. The van der Waals surface area contributed by atoms with Crippen LogP contribution in [-0.2, 0) is 16.0 Å². The number of amides is 2. The number of carbonyl (C=O) groups is 2. The van der Waals surface area contributed by atoms with Crippen LogP contribution in [0.25, 0.3) is 17.3 Å². The first-order valence-corrected chi connectivity index (χ1v) is 12.7. The Bertz CT molecular complexity index is 1550. The molecule has 1 atom stereocenters. The third kappa shape index (κ3) is 7.50. The summed E-state index contributed by atoms with van der Waals surface area (Å²) in [5, 5.41) is 17.5. The van der Waals surface area contributed by atoms with Crippen LogP contribution in [0.5, 0.6) is 0 Å². The molecule has 2 aromatic carbocycles. The predicted octanol–water partition coefficient (Wildman–Crippen LogP) is 3.64. The summed E-state index contributed by atoms with van der Waals surface area (Å²) in [5.41, 5.74) is 4.94. The summed E-state index contributed by atoms with van der Waals surface area (Å²) >= 11 is 6.17. The van der Waals surface area contributed by atoms with Crippen molar-refractivity contribution >= 4 is 47.4 Å². The number of aryl methyl sites for hydroxylation is 1. The lowest BCUT2D eigenvalue weighted by Crippen LogP contribution is -2.30. The molecule has 4 aromatic rings. The van der Waals surface area contributed by atoms with Gasteiger partial charge < -0.3 is 20.9 Å². The summed E-state index contributed by atoms with van der Waals surface area (Å²) in [6.45, 7) is 1.90. The van der Waals surface area contributed by atoms with Crippen molar-refractivity contribution in [1.82, 2.24) is 25.5 Å². The van der Waals surface area contributed by atoms with Gasteiger partial charge in [0, 0.05) is 46.2 Å². The topological polar surface area (TPSA) is 192 Å². The number of hydrazone groups is 1. The first-order valence-electron chi connectivity index (χ1n) is 12.3. The number of imidazole rings is 1. The number of aromatic nitrogens is 4. The second-order valence-corrected chi connectivity index (χ2v) is 9.31. The minimum absolute atomic E-state index is 0.366. The number of hydrazine groups is 1. The number of H-pyrrole nitrogens is 2. The summed E-state index contributed by atoms with van der Waals surface area (Å²) in [4.78, 5) is 32.7. The van der Waals surface area contributed by atoms with Crippen molar-refractivity contribution in [2.24, 2.45) is 16.8 Å². The average Bonchev–Trinajstić information content (AvgIpc) is 3.61. The Kier molecular flexibility index (Phi) is 9.35. The molecule has 1 unspecified atom stereocenters. The van der Waals surface area contributed by atoms with Crippen LogP contribution in [0, 0.1) is 6.92 Å². The summed E-state index contributed by atoms with van der Waals surface area (Å²) in [6.07, 6.45) is 7.53. The van der Waals surface area contributed by atoms with Crippen LogP contribution in [-0.4, -0.2) is 45.6 Å². The maximum absolute atomic E-state index is 13.1. The number of rotatable bonds is 10. The fraction of sp³-hybridized carbons (Fsp3) is 0.148. The molecule has 0 aliphatic carbocycles. The van der Waals surface area contributed by atoms with Crippen molar-refractivity contribution in [2.75, 3.05) is 17.4 Å². The Labute approximate surface area is 240 Å². The number of carbonyl (C=O) groups excluding carboxylic acids is 2. The van der Waals surface area contributed by atoms with Crippen LogP contribution < -0.4 is 27.3 Å². The third-order valence-corrected chi connectivity index (χ3v) is 6.24. The molecule has 212 valence electrons. The lowest BCUT2D eigenvalue weighted by molar-refractivity contribution is -0.117. The van der Waals surface area contributed by atoms with Gasteiger partial charge in [-0.3, -0.25) is 20.2 Å². The first-order chi connectivity index (χ1) is 19.8. The van der Waals surface area contributed by atoms with E-state index in [1.54, 1.807) is 48.8 Å². The van der Waals surface area contributed by atoms with Gasteiger partial charge in [-0.2, -0.15) is 10.2 Å². The number of methoxy groups -OCH3 is 1. The lowest BCUT2D eigenvalue weighted by atomic mass is 10.1. The highest BCUT2D eigenvalue weighted by molar-refractivity contribution is 6.30. The maximum atomic E-state index is 13.1. The Morgan fingerprint density at radius 1 is 1.24 bits per heavy atom. The number of aromatic amines is 2. The summed E-state index contributed by atoms with van der Waals surface area (Å²) < 4.78 is 4.63. The molecule has 0 saturated heterocycles. The molecular formula is C27H29ClN10O3. The molecule has 8 N–H and O–H groups in total. The van der Waals surface area contributed by atoms with Crippen molar-refractivity contribution in [3.63, 3.8) is 0 Å². The zero-order chi connectivity index (χ0) is 29.4. The van der Waals surface area contributed by atoms with Crippen LogP contribution in [0.3, 0.4) is 0 Å². The number of nitrogens with two attached hydrogens (primary N) is 2. The van der Waals surface area contributed by atoms with Crippen LogP contribution in [0.4, 0.5) is 16.2 Å². The summed E-state index contributed by atoms with van der Waals surface area (Å²) in [5.74, 6) is 11.4. The smallest absolute Gasteiger partial charge is 0.411 e. The van der Waals surface area contributed by atoms with E-state index in [-0.39, 0.29) is 5.91 Å². The van der Waals surface area contributed by atoms with Crippen molar-refractivity contribution in [1.29, 1.82) is 0 Å². The fourth-order valence-electron chi connectivity index (χ4n) is 4.06. The van der Waals surface area contributed by atoms with Crippen LogP contribution >= 0.6 is 11.6 Å². The Hall–Kier alpha value is -5.14. The largest absolute Gasteiger partial charge is 0.453 e. The number of ether oxygens (including phenoxy) is 1. The SMILES string of the molecule is COC(=O)Nc1ccc(-c2nc(C(Cc3cn[nH]c3)NC(=O)/C=C/c3cc(Cl)ccc3N(N)/C=N\N)[nH]c2C)cc1. The molecule has 0 saturated carbocycles. The monoisotopic (exact) mass is 576 g/mol. The quantitative estimate of drug-likeness (QED) is 0.0541. The number of hydrogen-bond donors (Lipinski definition) is 6. The van der Waals surface area contributed by atoms with Gasteiger partial charge in [-0.1, -0.05) is 23.7 Å². The van der Waals surface area contributed by atoms with Gasteiger partial charge in [0.2, 0.25) is 5.91 Å². The minimum atomic E-state index is -0.556. The third-order valence-electron chi connectivity index (χ3n) is 6.01. The van der Waals surface area contributed by atoms with Gasteiger partial charge in [0.15, 0.2) is 0 Å². The average molecular weight is 577 g/mol. The molecule has 41 heavy (non-hydrogen) atoms. The molecule has 0 spiro atoms. The van der Waals surface area contributed by atoms with Gasteiger partial charge in [-0.25, -0.2) is 15.6 Å². The standard InChI is InChI=1S/C27H29ClN10O3/c1-16-25(18-3-7-21(8-4-18)35-27(40)41-2)37-26(34-16)22(11-17-13-32-33-14-17)36-24(39)10-5-19-12-20(28)6-9-23(19)38(30)15-31-29/h3-10,12-15,22H,11,29-30H2,1-2H3,(H,32,33)(H,34,37)(H,35,40)(H,36,39)/b10-5+,31-15-. The molecule has 0 aliphatic rings. The summed E-state index contributed by atoms with van der Waals surface area (Å²) in [7, 11) is 1.30. The number of anilines is 2. The van der Waals surface area contributed by atoms with E-state index in [4.69, 9.17) is 28.3 Å². The van der Waals surface area contributed by atoms with Crippen molar-refractivity contribution < 1.29 is 14.3 Å². The van der Waals surface area contributed by atoms with Crippen molar-refractivity contribution in [3.8, 4) is 11.3 Å². The van der Waals surface area contributed by atoms with E-state index in [1.807, 2.05) is 19.1 Å².